The maximum Gasteiger partial charge on any atom is 0.238 e. The van der Waals surface area contributed by atoms with E-state index in [1.165, 1.54) is 4.90 Å². The number of pyridine rings is 1. The molecule has 1 aromatic heterocycles. The number of hydrogen-bond acceptors (Lipinski definition) is 5. The molecule has 2 amide bonds. The second-order valence-corrected chi connectivity index (χ2v) is 6.76. The highest BCUT2D eigenvalue weighted by atomic mass is 16.2. The minimum absolute atomic E-state index is 0.0731. The second kappa shape index (κ2) is 7.25. The molecule has 0 spiro atoms. The zero-order valence-electron chi connectivity index (χ0n) is 14.6. The summed E-state index contributed by atoms with van der Waals surface area (Å²) in [5, 5.41) is 0. The van der Waals surface area contributed by atoms with Crippen LogP contribution in [0.25, 0.3) is 0 Å². The van der Waals surface area contributed by atoms with Crippen molar-refractivity contribution in [3.8, 4) is 0 Å². The van der Waals surface area contributed by atoms with Gasteiger partial charge in [0.25, 0.3) is 0 Å². The summed E-state index contributed by atoms with van der Waals surface area (Å²) in [6, 6.07) is 15.5. The number of piperazine rings is 1. The fourth-order valence-electron chi connectivity index (χ4n) is 3.64. The van der Waals surface area contributed by atoms with E-state index in [0.717, 1.165) is 37.6 Å². The summed E-state index contributed by atoms with van der Waals surface area (Å²) >= 11 is 0. The average Bonchev–Trinajstić information content (AvgIpc) is 2.98. The summed E-state index contributed by atoms with van der Waals surface area (Å²) in [6.07, 6.45) is 2.07. The maximum atomic E-state index is 12.7. The topological polar surface area (TPSA) is 56.8 Å². The van der Waals surface area contributed by atoms with Gasteiger partial charge in [0.15, 0.2) is 0 Å². The summed E-state index contributed by atoms with van der Waals surface area (Å²) < 4.78 is 0. The van der Waals surface area contributed by atoms with Gasteiger partial charge in [-0.05, 0) is 17.7 Å². The van der Waals surface area contributed by atoms with Crippen LogP contribution in [0.3, 0.4) is 0 Å². The summed E-state index contributed by atoms with van der Waals surface area (Å²) in [7, 11) is 0. The molecular formula is C20H22N4O2. The Kier molecular flexibility index (Phi) is 4.67. The van der Waals surface area contributed by atoms with Crippen molar-refractivity contribution in [2.45, 2.75) is 12.3 Å². The lowest BCUT2D eigenvalue weighted by Gasteiger charge is -2.36. The van der Waals surface area contributed by atoms with Crippen LogP contribution in [0.2, 0.25) is 0 Å². The van der Waals surface area contributed by atoms with E-state index >= 15 is 0 Å². The van der Waals surface area contributed by atoms with Crippen molar-refractivity contribution in [2.24, 2.45) is 0 Å². The van der Waals surface area contributed by atoms with Crippen molar-refractivity contribution in [1.29, 1.82) is 0 Å². The quantitative estimate of drug-likeness (QED) is 0.786. The molecule has 1 aromatic carbocycles. The van der Waals surface area contributed by atoms with E-state index < -0.39 is 0 Å². The first-order valence-electron chi connectivity index (χ1n) is 9.00. The molecule has 0 aliphatic carbocycles. The maximum absolute atomic E-state index is 12.7. The molecule has 0 radical (unpaired) electrons. The van der Waals surface area contributed by atoms with Crippen LogP contribution < -0.4 is 4.90 Å². The Labute approximate surface area is 153 Å². The molecule has 3 heterocycles. The van der Waals surface area contributed by atoms with Gasteiger partial charge in [-0.2, -0.15) is 0 Å². The first-order chi connectivity index (χ1) is 12.7. The van der Waals surface area contributed by atoms with Crippen LogP contribution in [0.5, 0.6) is 0 Å². The number of imide groups is 1. The molecule has 2 saturated heterocycles. The van der Waals surface area contributed by atoms with E-state index in [-0.39, 0.29) is 24.2 Å². The van der Waals surface area contributed by atoms with Crippen molar-refractivity contribution < 1.29 is 9.59 Å². The fourth-order valence-corrected chi connectivity index (χ4v) is 3.64. The van der Waals surface area contributed by atoms with Gasteiger partial charge in [0.1, 0.15) is 5.82 Å². The summed E-state index contributed by atoms with van der Waals surface area (Å²) in [5.41, 5.74) is 0.924. The number of benzene rings is 1. The third-order valence-electron chi connectivity index (χ3n) is 5.13. The molecular weight excluding hydrogens is 328 g/mol. The SMILES string of the molecule is O=C1C[C@H](c2ccccc2)C(=O)N1CN1CCN(c2ccccn2)CC1. The smallest absolute Gasteiger partial charge is 0.238 e. The Bertz CT molecular complexity index is 773. The Hall–Kier alpha value is -2.73. The molecule has 0 saturated carbocycles. The molecule has 6 heteroatoms. The molecule has 0 bridgehead atoms. The van der Waals surface area contributed by atoms with Gasteiger partial charge < -0.3 is 4.90 Å². The number of carbonyl (C=O) groups is 2. The highest BCUT2D eigenvalue weighted by Crippen LogP contribution is 2.29. The largest absolute Gasteiger partial charge is 0.354 e. The number of carbonyl (C=O) groups excluding carboxylic acids is 2. The number of anilines is 1. The van der Waals surface area contributed by atoms with Crippen molar-refractivity contribution in [1.82, 2.24) is 14.8 Å². The van der Waals surface area contributed by atoms with Crippen LogP contribution in [0, 0.1) is 0 Å². The highest BCUT2D eigenvalue weighted by Gasteiger charge is 2.40. The number of nitrogens with zero attached hydrogens (tertiary/aromatic N) is 4. The summed E-state index contributed by atoms with van der Waals surface area (Å²) in [4.78, 5) is 35.3. The molecule has 2 aliphatic heterocycles. The minimum Gasteiger partial charge on any atom is -0.354 e. The lowest BCUT2D eigenvalue weighted by molar-refractivity contribution is -0.141. The van der Waals surface area contributed by atoms with Gasteiger partial charge in [0.05, 0.1) is 12.6 Å². The van der Waals surface area contributed by atoms with Crippen LogP contribution >= 0.6 is 0 Å². The predicted octanol–water partition coefficient (Wildman–Crippen LogP) is 1.70. The van der Waals surface area contributed by atoms with Gasteiger partial charge >= 0.3 is 0 Å². The Morgan fingerprint density at radius 1 is 0.923 bits per heavy atom. The third kappa shape index (κ3) is 3.32. The van der Waals surface area contributed by atoms with Crippen LogP contribution in [0.1, 0.15) is 17.9 Å². The van der Waals surface area contributed by atoms with Gasteiger partial charge in [-0.3, -0.25) is 19.4 Å². The normalized spacial score (nSPS) is 21.5. The number of likely N-dealkylation sites (tertiary alicyclic amines) is 1. The number of rotatable bonds is 4. The van der Waals surface area contributed by atoms with E-state index in [4.69, 9.17) is 0 Å². The molecule has 134 valence electrons. The molecule has 4 rings (SSSR count). The number of hydrogen-bond donors (Lipinski definition) is 0. The second-order valence-electron chi connectivity index (χ2n) is 6.76. The first kappa shape index (κ1) is 16.7. The van der Waals surface area contributed by atoms with E-state index in [0.29, 0.717) is 6.67 Å². The van der Waals surface area contributed by atoms with Gasteiger partial charge in [-0.25, -0.2) is 4.98 Å². The lowest BCUT2D eigenvalue weighted by Crippen LogP contribution is -2.51. The molecule has 26 heavy (non-hydrogen) atoms. The monoisotopic (exact) mass is 350 g/mol. The van der Waals surface area contributed by atoms with Crippen LogP contribution in [0.15, 0.2) is 54.7 Å². The number of amides is 2. The highest BCUT2D eigenvalue weighted by molar-refractivity contribution is 6.06. The summed E-state index contributed by atoms with van der Waals surface area (Å²) in [6.45, 7) is 3.69. The predicted molar refractivity (Wildman–Crippen MR) is 98.5 cm³/mol. The van der Waals surface area contributed by atoms with Gasteiger partial charge in [-0.15, -0.1) is 0 Å². The van der Waals surface area contributed by atoms with Crippen LogP contribution in [-0.2, 0) is 9.59 Å². The molecule has 2 fully saturated rings. The van der Waals surface area contributed by atoms with Crippen molar-refractivity contribution in [3.63, 3.8) is 0 Å². The van der Waals surface area contributed by atoms with Crippen molar-refractivity contribution in [2.75, 3.05) is 37.7 Å². The zero-order valence-corrected chi connectivity index (χ0v) is 14.6. The minimum atomic E-state index is -0.335. The Balaban J connectivity index is 1.36. The van der Waals surface area contributed by atoms with E-state index in [9.17, 15) is 9.59 Å². The first-order valence-corrected chi connectivity index (χ1v) is 9.00. The lowest BCUT2D eigenvalue weighted by atomic mass is 9.98. The van der Waals surface area contributed by atoms with E-state index in [1.54, 1.807) is 6.20 Å². The molecule has 0 unspecified atom stereocenters. The summed E-state index contributed by atoms with van der Waals surface area (Å²) in [5.74, 6) is 0.493. The average molecular weight is 350 g/mol. The van der Waals surface area contributed by atoms with Gasteiger partial charge in [0, 0.05) is 38.8 Å². The van der Waals surface area contributed by atoms with E-state index in [1.807, 2.05) is 48.5 Å². The van der Waals surface area contributed by atoms with Gasteiger partial charge in [0.2, 0.25) is 11.8 Å². The zero-order chi connectivity index (χ0) is 17.9. The Morgan fingerprint density at radius 2 is 1.65 bits per heavy atom. The standard InChI is InChI=1S/C20H22N4O2/c25-19-14-17(16-6-2-1-3-7-16)20(26)24(19)15-22-10-12-23(13-11-22)18-8-4-5-9-21-18/h1-9,17H,10-15H2/t17-/m1/s1. The number of aromatic nitrogens is 1. The molecule has 2 aromatic rings. The van der Waals surface area contributed by atoms with Crippen molar-refractivity contribution >= 4 is 17.6 Å². The Morgan fingerprint density at radius 3 is 2.35 bits per heavy atom. The fraction of sp³-hybridized carbons (Fsp3) is 0.350. The molecule has 2 aliphatic rings. The molecule has 6 nitrogen and oxygen atoms in total. The van der Waals surface area contributed by atoms with Gasteiger partial charge in [-0.1, -0.05) is 36.4 Å². The van der Waals surface area contributed by atoms with Crippen molar-refractivity contribution in [3.05, 3.63) is 60.3 Å². The third-order valence-corrected chi connectivity index (χ3v) is 5.13. The van der Waals surface area contributed by atoms with Crippen LogP contribution in [0.4, 0.5) is 5.82 Å². The van der Waals surface area contributed by atoms with Crippen LogP contribution in [-0.4, -0.2) is 59.4 Å². The van der Waals surface area contributed by atoms with E-state index in [2.05, 4.69) is 14.8 Å². The molecule has 0 N–H and O–H groups in total. The molecule has 1 atom stereocenters.